The largest absolute Gasteiger partial charge is 0.455 e. The predicted molar refractivity (Wildman–Crippen MR) is 242 cm³/mol. The minimum Gasteiger partial charge on any atom is -0.455 e. The lowest BCUT2D eigenvalue weighted by Gasteiger charge is -2.12. The molecule has 0 saturated carbocycles. The maximum Gasteiger partial charge on any atom is 0.164 e. The molecule has 0 atom stereocenters. The molecule has 9 aromatic carbocycles. The summed E-state index contributed by atoms with van der Waals surface area (Å²) in [6.45, 7) is 0. The second-order valence-electron chi connectivity index (χ2n) is 14.7. The van der Waals surface area contributed by atoms with Gasteiger partial charge in [-0.05, 0) is 80.9 Å². The summed E-state index contributed by atoms with van der Waals surface area (Å²) in [6.07, 6.45) is 0. The summed E-state index contributed by atoms with van der Waals surface area (Å²) in [5.41, 5.74) is 9.03. The van der Waals surface area contributed by atoms with E-state index in [1.165, 1.54) is 36.7 Å². The number of rotatable bonds is 5. The maximum absolute atomic E-state index is 6.59. The third kappa shape index (κ3) is 5.32. The first-order valence-electron chi connectivity index (χ1n) is 19.4. The van der Waals surface area contributed by atoms with Gasteiger partial charge < -0.3 is 4.42 Å². The number of fused-ring (bicyclic) bond motifs is 9. The highest BCUT2D eigenvalue weighted by atomic mass is 32.1. The van der Waals surface area contributed by atoms with E-state index in [0.717, 1.165) is 65.9 Å². The number of thiophene rings is 1. The average molecular weight is 758 g/mol. The van der Waals surface area contributed by atoms with Crippen LogP contribution < -0.4 is 0 Å². The maximum atomic E-state index is 6.59. The van der Waals surface area contributed by atoms with Crippen LogP contribution in [0.4, 0.5) is 0 Å². The van der Waals surface area contributed by atoms with E-state index >= 15 is 0 Å². The molecule has 0 bridgehead atoms. The molecule has 0 amide bonds. The number of benzene rings is 9. The molecule has 0 aliphatic rings. The van der Waals surface area contributed by atoms with Crippen LogP contribution in [0.1, 0.15) is 0 Å². The van der Waals surface area contributed by atoms with Crippen LogP contribution in [0.5, 0.6) is 0 Å². The van der Waals surface area contributed by atoms with Gasteiger partial charge in [0.1, 0.15) is 11.2 Å². The minimum atomic E-state index is 0.594. The molecule has 0 spiro atoms. The van der Waals surface area contributed by atoms with E-state index in [1.807, 2.05) is 29.5 Å². The summed E-state index contributed by atoms with van der Waals surface area (Å²) in [5, 5.41) is 9.13. The summed E-state index contributed by atoms with van der Waals surface area (Å²) in [7, 11) is 0. The van der Waals surface area contributed by atoms with Crippen LogP contribution in [-0.4, -0.2) is 15.0 Å². The molecular weight excluding hydrogens is 727 g/mol. The molecular formula is C53H31N3OS. The summed E-state index contributed by atoms with van der Waals surface area (Å²) in [5.74, 6) is 1.81. The van der Waals surface area contributed by atoms with E-state index in [9.17, 15) is 0 Å². The fraction of sp³-hybridized carbons (Fsp3) is 0. The Bertz CT molecular complexity index is 3590. The first-order valence-corrected chi connectivity index (χ1v) is 20.2. The van der Waals surface area contributed by atoms with Crippen molar-refractivity contribution in [1.82, 2.24) is 15.0 Å². The number of furan rings is 1. The molecule has 0 N–H and O–H groups in total. The van der Waals surface area contributed by atoms with Crippen molar-refractivity contribution in [1.29, 1.82) is 0 Å². The van der Waals surface area contributed by atoms with E-state index in [0.29, 0.717) is 17.5 Å². The molecule has 270 valence electrons. The van der Waals surface area contributed by atoms with Gasteiger partial charge >= 0.3 is 0 Å². The van der Waals surface area contributed by atoms with Gasteiger partial charge in [-0.3, -0.25) is 0 Å². The highest BCUT2D eigenvalue weighted by molar-refractivity contribution is 7.25. The lowest BCUT2D eigenvalue weighted by molar-refractivity contribution is 0.672. The van der Waals surface area contributed by atoms with Crippen LogP contribution in [0.2, 0.25) is 0 Å². The highest BCUT2D eigenvalue weighted by Gasteiger charge is 2.20. The Kier molecular flexibility index (Phi) is 7.37. The zero-order valence-electron chi connectivity index (χ0n) is 31.1. The Morgan fingerprint density at radius 3 is 1.91 bits per heavy atom. The molecule has 0 aliphatic heterocycles. The standard InChI is InChI=1S/C53H31N3OS/c1-2-11-32(12-3-1)34-14-8-16-37(29-34)51-54-52(56-53(55-51)44-20-10-21-46-49(44)43-27-23-33-13-4-5-17-41(33)50(43)57-46)38-24-26-40-35(30-38)15-9-19-39(40)36-25-28-48-45(31-36)42-18-6-7-22-47(42)58-48/h1-31H. The molecule has 3 heterocycles. The summed E-state index contributed by atoms with van der Waals surface area (Å²) in [4.78, 5) is 15.7. The van der Waals surface area contributed by atoms with Crippen LogP contribution in [0.15, 0.2) is 192 Å². The van der Waals surface area contributed by atoms with Gasteiger partial charge in [0.2, 0.25) is 0 Å². The SMILES string of the molecule is c1ccc(-c2cccc(-c3nc(-c4ccc5c(-c6ccc7sc8ccccc8c7c6)cccc5c4)nc(-c4cccc5oc6c7ccccc7ccc6c45)n3)c2)cc1. The second kappa shape index (κ2) is 13.1. The van der Waals surface area contributed by atoms with E-state index in [2.05, 4.69) is 170 Å². The van der Waals surface area contributed by atoms with Gasteiger partial charge in [-0.1, -0.05) is 146 Å². The van der Waals surface area contributed by atoms with Crippen LogP contribution in [0.3, 0.4) is 0 Å². The van der Waals surface area contributed by atoms with Crippen molar-refractivity contribution >= 4 is 75.0 Å². The van der Waals surface area contributed by atoms with Gasteiger partial charge in [-0.2, -0.15) is 0 Å². The summed E-state index contributed by atoms with van der Waals surface area (Å²) >= 11 is 1.84. The Balaban J connectivity index is 1.04. The molecule has 0 unspecified atom stereocenters. The summed E-state index contributed by atoms with van der Waals surface area (Å²) in [6, 6.07) is 66.3. The van der Waals surface area contributed by atoms with Crippen molar-refractivity contribution in [3.63, 3.8) is 0 Å². The molecule has 0 fully saturated rings. The number of aromatic nitrogens is 3. The van der Waals surface area contributed by atoms with Crippen molar-refractivity contribution in [2.45, 2.75) is 0 Å². The lowest BCUT2D eigenvalue weighted by atomic mass is 9.96. The quantitative estimate of drug-likeness (QED) is 0.175. The molecule has 58 heavy (non-hydrogen) atoms. The van der Waals surface area contributed by atoms with Crippen LogP contribution in [0.25, 0.3) is 120 Å². The highest BCUT2D eigenvalue weighted by Crippen LogP contribution is 2.41. The first-order chi connectivity index (χ1) is 28.7. The van der Waals surface area contributed by atoms with E-state index in [1.54, 1.807) is 0 Å². The van der Waals surface area contributed by atoms with E-state index in [-0.39, 0.29) is 0 Å². The molecule has 3 aromatic heterocycles. The molecule has 0 radical (unpaired) electrons. The number of hydrogen-bond acceptors (Lipinski definition) is 5. The Morgan fingerprint density at radius 1 is 0.345 bits per heavy atom. The Morgan fingerprint density at radius 2 is 1.00 bits per heavy atom. The Labute approximate surface area is 337 Å². The van der Waals surface area contributed by atoms with E-state index < -0.39 is 0 Å². The smallest absolute Gasteiger partial charge is 0.164 e. The van der Waals surface area contributed by atoms with Crippen molar-refractivity contribution in [3.05, 3.63) is 188 Å². The average Bonchev–Trinajstić information content (AvgIpc) is 3.87. The topological polar surface area (TPSA) is 51.8 Å². The van der Waals surface area contributed by atoms with Gasteiger partial charge in [0.05, 0.1) is 0 Å². The van der Waals surface area contributed by atoms with Gasteiger partial charge in [0, 0.05) is 53.0 Å². The van der Waals surface area contributed by atoms with Crippen LogP contribution >= 0.6 is 11.3 Å². The summed E-state index contributed by atoms with van der Waals surface area (Å²) < 4.78 is 9.20. The van der Waals surface area contributed by atoms with Crippen LogP contribution in [-0.2, 0) is 0 Å². The fourth-order valence-electron chi connectivity index (χ4n) is 8.53. The van der Waals surface area contributed by atoms with Crippen molar-refractivity contribution < 1.29 is 4.42 Å². The van der Waals surface area contributed by atoms with Gasteiger partial charge in [0.25, 0.3) is 0 Å². The lowest BCUT2D eigenvalue weighted by Crippen LogP contribution is -2.00. The third-order valence-corrected chi connectivity index (χ3v) is 12.5. The Hall–Kier alpha value is -7.47. The molecule has 4 nitrogen and oxygen atoms in total. The molecule has 12 aromatic rings. The predicted octanol–water partition coefficient (Wildman–Crippen LogP) is 14.8. The van der Waals surface area contributed by atoms with Gasteiger partial charge in [-0.15, -0.1) is 11.3 Å². The molecule has 12 rings (SSSR count). The number of nitrogens with zero attached hydrogens (tertiary/aromatic N) is 3. The first kappa shape index (κ1) is 32.7. The molecule has 0 saturated heterocycles. The number of hydrogen-bond donors (Lipinski definition) is 0. The van der Waals surface area contributed by atoms with Gasteiger partial charge in [0.15, 0.2) is 17.5 Å². The zero-order chi connectivity index (χ0) is 38.2. The van der Waals surface area contributed by atoms with Crippen LogP contribution in [0, 0.1) is 0 Å². The van der Waals surface area contributed by atoms with Crippen molar-refractivity contribution in [2.24, 2.45) is 0 Å². The van der Waals surface area contributed by atoms with Crippen molar-refractivity contribution in [2.75, 3.05) is 0 Å². The minimum absolute atomic E-state index is 0.594. The fourth-order valence-corrected chi connectivity index (χ4v) is 9.62. The normalized spacial score (nSPS) is 11.8. The zero-order valence-corrected chi connectivity index (χ0v) is 31.9. The van der Waals surface area contributed by atoms with Crippen molar-refractivity contribution in [3.8, 4) is 56.4 Å². The van der Waals surface area contributed by atoms with Gasteiger partial charge in [-0.25, -0.2) is 15.0 Å². The molecule has 5 heteroatoms. The third-order valence-electron chi connectivity index (χ3n) is 11.3. The second-order valence-corrected chi connectivity index (χ2v) is 15.8. The monoisotopic (exact) mass is 757 g/mol. The molecule has 0 aliphatic carbocycles. The van der Waals surface area contributed by atoms with E-state index in [4.69, 9.17) is 19.4 Å².